The number of aryl methyl sites for hydroxylation is 2. The number of thioether (sulfide) groups is 1. The van der Waals surface area contributed by atoms with Gasteiger partial charge in [0.05, 0.1) is 18.0 Å². The third-order valence-electron chi connectivity index (χ3n) is 4.42. The normalized spacial score (nSPS) is 13.7. The first-order valence-corrected chi connectivity index (χ1v) is 9.78. The number of nitrogens with one attached hydrogen (secondary N) is 1. The SMILES string of the molecule is Cc1ccc(C)c(CN2C(=O)CSc3ccc(C(=O)NC(C)C)cc32)c1. The second kappa shape index (κ2) is 7.54. The highest BCUT2D eigenvalue weighted by molar-refractivity contribution is 8.00. The Hall–Kier alpha value is -2.27. The first kappa shape index (κ1) is 18.5. The summed E-state index contributed by atoms with van der Waals surface area (Å²) in [6.45, 7) is 8.50. The van der Waals surface area contributed by atoms with Crippen LogP contribution < -0.4 is 10.2 Å². The maximum Gasteiger partial charge on any atom is 0.251 e. The summed E-state index contributed by atoms with van der Waals surface area (Å²) >= 11 is 1.53. The van der Waals surface area contributed by atoms with Crippen LogP contribution in [0.5, 0.6) is 0 Å². The molecule has 0 saturated heterocycles. The van der Waals surface area contributed by atoms with Gasteiger partial charge in [0, 0.05) is 16.5 Å². The van der Waals surface area contributed by atoms with E-state index in [0.717, 1.165) is 21.7 Å². The lowest BCUT2D eigenvalue weighted by Gasteiger charge is -2.30. The molecule has 2 amide bonds. The minimum absolute atomic E-state index is 0.0700. The molecule has 0 spiro atoms. The van der Waals surface area contributed by atoms with E-state index in [9.17, 15) is 9.59 Å². The Morgan fingerprint density at radius 3 is 2.69 bits per heavy atom. The lowest BCUT2D eigenvalue weighted by atomic mass is 10.0. The van der Waals surface area contributed by atoms with Gasteiger partial charge < -0.3 is 10.2 Å². The van der Waals surface area contributed by atoms with Crippen LogP contribution in [0.25, 0.3) is 0 Å². The van der Waals surface area contributed by atoms with Crippen molar-refractivity contribution in [1.82, 2.24) is 5.32 Å². The molecule has 0 fully saturated rings. The lowest BCUT2D eigenvalue weighted by molar-refractivity contribution is -0.116. The highest BCUT2D eigenvalue weighted by Crippen LogP contribution is 2.37. The molecular formula is C21H24N2O2S. The van der Waals surface area contributed by atoms with Crippen LogP contribution in [0.2, 0.25) is 0 Å². The zero-order valence-electron chi connectivity index (χ0n) is 15.6. The monoisotopic (exact) mass is 368 g/mol. The average molecular weight is 369 g/mol. The standard InChI is InChI=1S/C21H24N2O2S/c1-13(2)22-21(25)16-7-8-19-18(10-16)23(20(24)12-26-19)11-17-9-14(3)5-6-15(17)4/h5-10,13H,11-12H2,1-4H3,(H,22,25). The van der Waals surface area contributed by atoms with Crippen LogP contribution in [0, 0.1) is 13.8 Å². The largest absolute Gasteiger partial charge is 0.350 e. The number of hydrogen-bond donors (Lipinski definition) is 1. The molecule has 0 radical (unpaired) electrons. The molecular weight excluding hydrogens is 344 g/mol. The summed E-state index contributed by atoms with van der Waals surface area (Å²) in [5.41, 5.74) is 4.88. The van der Waals surface area contributed by atoms with Gasteiger partial charge in [-0.3, -0.25) is 9.59 Å². The van der Waals surface area contributed by atoms with Crippen LogP contribution in [0.3, 0.4) is 0 Å². The first-order valence-electron chi connectivity index (χ1n) is 8.79. The van der Waals surface area contributed by atoms with Gasteiger partial charge >= 0.3 is 0 Å². The molecule has 1 N–H and O–H groups in total. The van der Waals surface area contributed by atoms with E-state index in [4.69, 9.17) is 0 Å². The molecule has 1 heterocycles. The van der Waals surface area contributed by atoms with Gasteiger partial charge in [0.2, 0.25) is 5.91 Å². The molecule has 3 rings (SSSR count). The molecule has 26 heavy (non-hydrogen) atoms. The Morgan fingerprint density at radius 2 is 1.96 bits per heavy atom. The van der Waals surface area contributed by atoms with Crippen LogP contribution in [0.1, 0.15) is 40.9 Å². The summed E-state index contributed by atoms with van der Waals surface area (Å²) in [6.07, 6.45) is 0. The van der Waals surface area contributed by atoms with Crippen LogP contribution >= 0.6 is 11.8 Å². The van der Waals surface area contributed by atoms with Crippen molar-refractivity contribution >= 4 is 29.3 Å². The third kappa shape index (κ3) is 3.93. The highest BCUT2D eigenvalue weighted by Gasteiger charge is 2.26. The number of amides is 2. The minimum Gasteiger partial charge on any atom is -0.350 e. The number of hydrogen-bond acceptors (Lipinski definition) is 3. The Labute approximate surface area is 159 Å². The summed E-state index contributed by atoms with van der Waals surface area (Å²) in [5, 5.41) is 2.91. The Morgan fingerprint density at radius 1 is 1.19 bits per heavy atom. The lowest BCUT2D eigenvalue weighted by Crippen LogP contribution is -2.35. The van der Waals surface area contributed by atoms with Gasteiger partial charge in [-0.05, 0) is 57.0 Å². The zero-order chi connectivity index (χ0) is 18.8. The van der Waals surface area contributed by atoms with E-state index in [-0.39, 0.29) is 17.9 Å². The number of rotatable bonds is 4. The Bertz CT molecular complexity index is 861. The fourth-order valence-corrected chi connectivity index (χ4v) is 3.92. The topological polar surface area (TPSA) is 49.4 Å². The van der Waals surface area contributed by atoms with Gasteiger partial charge in [0.25, 0.3) is 5.91 Å². The van der Waals surface area contributed by atoms with E-state index >= 15 is 0 Å². The Balaban J connectivity index is 1.96. The average Bonchev–Trinajstić information content (AvgIpc) is 2.59. The molecule has 1 aliphatic heterocycles. The molecule has 5 heteroatoms. The second-order valence-corrected chi connectivity index (χ2v) is 8.03. The molecule has 0 aromatic heterocycles. The van der Waals surface area contributed by atoms with Gasteiger partial charge in [-0.2, -0.15) is 0 Å². The molecule has 136 valence electrons. The van der Waals surface area contributed by atoms with E-state index in [1.165, 1.54) is 17.3 Å². The number of benzene rings is 2. The molecule has 2 aromatic rings. The molecule has 0 atom stereocenters. The van der Waals surface area contributed by atoms with Crippen molar-refractivity contribution in [3.63, 3.8) is 0 Å². The van der Waals surface area contributed by atoms with Gasteiger partial charge in [-0.1, -0.05) is 23.8 Å². The quantitative estimate of drug-likeness (QED) is 0.885. The molecule has 1 aliphatic rings. The van der Waals surface area contributed by atoms with Crippen molar-refractivity contribution in [3.8, 4) is 0 Å². The van der Waals surface area contributed by atoms with Gasteiger partial charge in [0.15, 0.2) is 0 Å². The van der Waals surface area contributed by atoms with E-state index in [1.807, 2.05) is 32.0 Å². The van der Waals surface area contributed by atoms with Crippen LogP contribution in [-0.2, 0) is 11.3 Å². The summed E-state index contributed by atoms with van der Waals surface area (Å²) < 4.78 is 0. The molecule has 0 bridgehead atoms. The van der Waals surface area contributed by atoms with E-state index in [2.05, 4.69) is 37.4 Å². The molecule has 2 aromatic carbocycles. The smallest absolute Gasteiger partial charge is 0.251 e. The van der Waals surface area contributed by atoms with E-state index in [1.54, 1.807) is 4.90 Å². The van der Waals surface area contributed by atoms with Gasteiger partial charge in [0.1, 0.15) is 0 Å². The molecule has 0 aliphatic carbocycles. The van der Waals surface area contributed by atoms with Gasteiger partial charge in [-0.25, -0.2) is 0 Å². The van der Waals surface area contributed by atoms with Crippen LogP contribution in [-0.4, -0.2) is 23.6 Å². The Kier molecular flexibility index (Phi) is 5.37. The summed E-state index contributed by atoms with van der Waals surface area (Å²) in [7, 11) is 0. The van der Waals surface area contributed by atoms with Crippen molar-refractivity contribution < 1.29 is 9.59 Å². The van der Waals surface area contributed by atoms with Crippen molar-refractivity contribution in [2.24, 2.45) is 0 Å². The maximum atomic E-state index is 12.6. The van der Waals surface area contributed by atoms with E-state index < -0.39 is 0 Å². The van der Waals surface area contributed by atoms with Crippen molar-refractivity contribution in [1.29, 1.82) is 0 Å². The number of carbonyl (C=O) groups is 2. The summed E-state index contributed by atoms with van der Waals surface area (Å²) in [5.74, 6) is 0.386. The minimum atomic E-state index is -0.113. The number of carbonyl (C=O) groups excluding carboxylic acids is 2. The van der Waals surface area contributed by atoms with Crippen LogP contribution in [0.15, 0.2) is 41.3 Å². The van der Waals surface area contributed by atoms with Crippen molar-refractivity contribution in [3.05, 3.63) is 58.7 Å². The third-order valence-corrected chi connectivity index (χ3v) is 5.46. The summed E-state index contributed by atoms with van der Waals surface area (Å²) in [4.78, 5) is 27.8. The second-order valence-electron chi connectivity index (χ2n) is 7.01. The highest BCUT2D eigenvalue weighted by atomic mass is 32.2. The van der Waals surface area contributed by atoms with E-state index in [0.29, 0.717) is 17.9 Å². The fourth-order valence-electron chi connectivity index (χ4n) is 3.00. The molecule has 0 saturated carbocycles. The van der Waals surface area contributed by atoms with Crippen LogP contribution in [0.4, 0.5) is 5.69 Å². The molecule has 4 nitrogen and oxygen atoms in total. The number of nitrogens with zero attached hydrogens (tertiary/aromatic N) is 1. The predicted octanol–water partition coefficient (Wildman–Crippen LogP) is 4.08. The zero-order valence-corrected chi connectivity index (χ0v) is 16.4. The predicted molar refractivity (Wildman–Crippen MR) is 107 cm³/mol. The first-order chi connectivity index (χ1) is 12.3. The van der Waals surface area contributed by atoms with Crippen molar-refractivity contribution in [2.75, 3.05) is 10.7 Å². The van der Waals surface area contributed by atoms with Gasteiger partial charge in [-0.15, -0.1) is 11.8 Å². The fraction of sp³-hybridized carbons (Fsp3) is 0.333. The number of fused-ring (bicyclic) bond motifs is 1. The maximum absolute atomic E-state index is 12.6. The van der Waals surface area contributed by atoms with Crippen molar-refractivity contribution in [2.45, 2.75) is 45.2 Å². The number of anilines is 1. The molecule has 0 unspecified atom stereocenters. The summed E-state index contributed by atoms with van der Waals surface area (Å²) in [6, 6.07) is 12.0.